The van der Waals surface area contributed by atoms with Crippen molar-refractivity contribution in [3.63, 3.8) is 0 Å². The normalized spacial score (nSPS) is 10.6. The third-order valence-electron chi connectivity index (χ3n) is 3.23. The van der Waals surface area contributed by atoms with Gasteiger partial charge in [0.05, 0.1) is 6.54 Å². The Hall–Kier alpha value is -1.88. The molecular weight excluding hydrogens is 258 g/mol. The molecule has 0 aliphatic heterocycles. The first-order valence-electron chi connectivity index (χ1n) is 6.18. The van der Waals surface area contributed by atoms with Gasteiger partial charge in [-0.2, -0.15) is 0 Å². The van der Waals surface area contributed by atoms with Crippen molar-refractivity contribution in [2.24, 2.45) is 5.73 Å². The molecule has 2 N–H and O–H groups in total. The zero-order chi connectivity index (χ0) is 14.0. The molecule has 0 spiro atoms. The minimum absolute atomic E-state index is 0.0142. The highest BCUT2D eigenvalue weighted by Crippen LogP contribution is 2.12. The Labute approximate surface area is 117 Å². The lowest BCUT2D eigenvalue weighted by atomic mass is 10.1. The van der Waals surface area contributed by atoms with E-state index in [1.54, 1.807) is 15.3 Å². The molecule has 4 nitrogen and oxygen atoms in total. The second kappa shape index (κ2) is 5.40. The smallest absolute Gasteiger partial charge is 0.328 e. The number of rotatable bonds is 4. The van der Waals surface area contributed by atoms with Crippen LogP contribution in [0.5, 0.6) is 0 Å². The quantitative estimate of drug-likeness (QED) is 0.863. The van der Waals surface area contributed by atoms with Crippen molar-refractivity contribution in [1.82, 2.24) is 9.13 Å². The number of imidazole rings is 1. The van der Waals surface area contributed by atoms with Crippen molar-refractivity contribution >= 4 is 17.2 Å². The molecule has 0 amide bonds. The number of hydrogen-bond acceptors (Lipinski definition) is 2. The zero-order valence-corrected chi connectivity index (χ0v) is 11.9. The predicted octanol–water partition coefficient (Wildman–Crippen LogP) is 1.66. The maximum absolute atomic E-state index is 12.0. The van der Waals surface area contributed by atoms with Gasteiger partial charge in [-0.05, 0) is 31.0 Å². The molecule has 0 atom stereocenters. The minimum Gasteiger partial charge on any atom is -0.389 e. The fraction of sp³-hybridized carbons (Fsp3) is 0.286. The third-order valence-corrected chi connectivity index (χ3v) is 3.46. The molecule has 19 heavy (non-hydrogen) atoms. The lowest BCUT2D eigenvalue weighted by Crippen LogP contribution is -2.24. The Morgan fingerprint density at radius 1 is 1.32 bits per heavy atom. The maximum Gasteiger partial charge on any atom is 0.328 e. The fourth-order valence-corrected chi connectivity index (χ4v) is 2.15. The van der Waals surface area contributed by atoms with Crippen LogP contribution in [-0.4, -0.2) is 14.1 Å². The molecule has 100 valence electrons. The van der Waals surface area contributed by atoms with Gasteiger partial charge in [0.1, 0.15) is 4.99 Å². The van der Waals surface area contributed by atoms with Crippen molar-refractivity contribution in [2.75, 3.05) is 0 Å². The van der Waals surface area contributed by atoms with Gasteiger partial charge in [-0.3, -0.25) is 9.13 Å². The monoisotopic (exact) mass is 275 g/mol. The van der Waals surface area contributed by atoms with Crippen molar-refractivity contribution in [1.29, 1.82) is 0 Å². The average Bonchev–Trinajstić information content (AvgIpc) is 2.72. The van der Waals surface area contributed by atoms with E-state index in [4.69, 9.17) is 18.0 Å². The first-order chi connectivity index (χ1) is 9.02. The Bertz CT molecular complexity index is 670. The van der Waals surface area contributed by atoms with Gasteiger partial charge >= 0.3 is 5.69 Å². The van der Waals surface area contributed by atoms with Crippen molar-refractivity contribution in [2.45, 2.75) is 26.9 Å². The maximum atomic E-state index is 12.0. The summed E-state index contributed by atoms with van der Waals surface area (Å²) in [6.07, 6.45) is 3.62. The van der Waals surface area contributed by atoms with E-state index in [0.29, 0.717) is 18.1 Å². The van der Waals surface area contributed by atoms with Crippen LogP contribution in [0.15, 0.2) is 35.4 Å². The van der Waals surface area contributed by atoms with Crippen molar-refractivity contribution < 1.29 is 0 Å². The Balaban J connectivity index is 2.31. The van der Waals surface area contributed by atoms with E-state index in [9.17, 15) is 4.79 Å². The van der Waals surface area contributed by atoms with Crippen LogP contribution in [0.4, 0.5) is 0 Å². The summed E-state index contributed by atoms with van der Waals surface area (Å²) < 4.78 is 3.38. The first kappa shape index (κ1) is 13.5. The Morgan fingerprint density at radius 3 is 2.53 bits per heavy atom. The van der Waals surface area contributed by atoms with Crippen molar-refractivity contribution in [3.8, 4) is 0 Å². The molecule has 1 aromatic heterocycles. The summed E-state index contributed by atoms with van der Waals surface area (Å²) in [4.78, 5) is 12.4. The molecule has 1 aromatic carbocycles. The summed E-state index contributed by atoms with van der Waals surface area (Å²) in [5, 5.41) is 0. The van der Waals surface area contributed by atoms with Crippen LogP contribution in [-0.2, 0) is 13.1 Å². The summed E-state index contributed by atoms with van der Waals surface area (Å²) in [5.74, 6) is 0. The number of aryl methyl sites for hydroxylation is 2. The molecule has 2 rings (SSSR count). The van der Waals surface area contributed by atoms with E-state index >= 15 is 0 Å². The standard InChI is InChI=1S/C14H17N3OS/c1-3-16-6-7-17(14(16)18)9-12-5-4-11(13(15)19)8-10(12)2/h4-8H,3,9H2,1-2H3,(H2,15,19). The number of nitrogens with zero attached hydrogens (tertiary/aromatic N) is 2. The molecule has 5 heteroatoms. The second-order valence-electron chi connectivity index (χ2n) is 4.50. The third kappa shape index (κ3) is 2.76. The van der Waals surface area contributed by atoms with Crippen LogP contribution < -0.4 is 11.4 Å². The van der Waals surface area contributed by atoms with E-state index in [1.165, 1.54) is 0 Å². The number of benzene rings is 1. The van der Waals surface area contributed by atoms with Crippen LogP contribution in [0, 0.1) is 6.92 Å². The molecule has 0 aliphatic rings. The van der Waals surface area contributed by atoms with Crippen LogP contribution in [0.25, 0.3) is 0 Å². The molecule has 1 heterocycles. The lowest BCUT2D eigenvalue weighted by molar-refractivity contribution is 0.667. The van der Waals surface area contributed by atoms with E-state index in [-0.39, 0.29) is 5.69 Å². The molecule has 0 fully saturated rings. The van der Waals surface area contributed by atoms with E-state index in [1.807, 2.05) is 38.2 Å². The van der Waals surface area contributed by atoms with Crippen LogP contribution in [0.2, 0.25) is 0 Å². The number of nitrogens with two attached hydrogens (primary N) is 1. The summed E-state index contributed by atoms with van der Waals surface area (Å²) in [5.41, 5.74) is 8.65. The van der Waals surface area contributed by atoms with Crippen LogP contribution >= 0.6 is 12.2 Å². The summed E-state index contributed by atoms with van der Waals surface area (Å²) in [7, 11) is 0. The lowest BCUT2D eigenvalue weighted by Gasteiger charge is -2.08. The molecule has 0 aliphatic carbocycles. The van der Waals surface area contributed by atoms with Gasteiger partial charge in [0.2, 0.25) is 0 Å². The number of thiocarbonyl (C=S) groups is 1. The predicted molar refractivity (Wildman–Crippen MR) is 80.5 cm³/mol. The van der Waals surface area contributed by atoms with Crippen LogP contribution in [0.1, 0.15) is 23.6 Å². The Morgan fingerprint density at radius 2 is 2.00 bits per heavy atom. The molecule has 2 aromatic rings. The van der Waals surface area contributed by atoms with Gasteiger partial charge in [0, 0.05) is 24.5 Å². The van der Waals surface area contributed by atoms with E-state index < -0.39 is 0 Å². The average molecular weight is 275 g/mol. The van der Waals surface area contributed by atoms with E-state index in [2.05, 4.69) is 0 Å². The number of aromatic nitrogens is 2. The molecular formula is C14H17N3OS. The van der Waals surface area contributed by atoms with Gasteiger partial charge in [-0.15, -0.1) is 0 Å². The number of hydrogen-bond donors (Lipinski definition) is 1. The van der Waals surface area contributed by atoms with Gasteiger partial charge in [0.25, 0.3) is 0 Å². The largest absolute Gasteiger partial charge is 0.389 e. The fourth-order valence-electron chi connectivity index (χ4n) is 2.02. The topological polar surface area (TPSA) is 52.9 Å². The summed E-state index contributed by atoms with van der Waals surface area (Å²) in [6.45, 7) is 5.20. The Kier molecular flexibility index (Phi) is 3.85. The highest BCUT2D eigenvalue weighted by Gasteiger charge is 2.06. The molecule has 0 unspecified atom stereocenters. The van der Waals surface area contributed by atoms with Gasteiger partial charge < -0.3 is 5.73 Å². The minimum atomic E-state index is 0.0142. The molecule has 0 radical (unpaired) electrons. The second-order valence-corrected chi connectivity index (χ2v) is 4.94. The van der Waals surface area contributed by atoms with Gasteiger partial charge in [0.15, 0.2) is 0 Å². The van der Waals surface area contributed by atoms with Crippen LogP contribution in [0.3, 0.4) is 0 Å². The first-order valence-corrected chi connectivity index (χ1v) is 6.58. The SMILES string of the molecule is CCn1ccn(Cc2ccc(C(N)=S)cc2C)c1=O. The highest BCUT2D eigenvalue weighted by atomic mass is 32.1. The molecule has 0 saturated heterocycles. The van der Waals surface area contributed by atoms with Crippen molar-refractivity contribution in [3.05, 3.63) is 57.8 Å². The van der Waals surface area contributed by atoms with Gasteiger partial charge in [-0.1, -0.05) is 24.4 Å². The van der Waals surface area contributed by atoms with E-state index in [0.717, 1.165) is 16.7 Å². The molecule has 0 saturated carbocycles. The molecule has 0 bridgehead atoms. The zero-order valence-electron chi connectivity index (χ0n) is 11.1. The summed E-state index contributed by atoms with van der Waals surface area (Å²) in [6, 6.07) is 5.82. The highest BCUT2D eigenvalue weighted by molar-refractivity contribution is 7.80. The summed E-state index contributed by atoms with van der Waals surface area (Å²) >= 11 is 4.95. The van der Waals surface area contributed by atoms with Gasteiger partial charge in [-0.25, -0.2) is 4.79 Å².